The van der Waals surface area contributed by atoms with Crippen molar-refractivity contribution in [2.45, 2.75) is 0 Å². The van der Waals surface area contributed by atoms with Crippen molar-refractivity contribution in [2.24, 2.45) is 0 Å². The minimum absolute atomic E-state index is 0.110. The summed E-state index contributed by atoms with van der Waals surface area (Å²) in [7, 11) is 0. The number of carbonyl (C=O) groups is 1. The van der Waals surface area contributed by atoms with Gasteiger partial charge in [-0.15, -0.1) is 0 Å². The van der Waals surface area contributed by atoms with E-state index >= 15 is 0 Å². The topological polar surface area (TPSA) is 75.4 Å². The molecule has 0 aromatic carbocycles. The maximum atomic E-state index is 10.4. The lowest BCUT2D eigenvalue weighted by Crippen LogP contribution is -2.02. The lowest BCUT2D eigenvalue weighted by Gasteiger charge is -1.96. The molecule has 5 nitrogen and oxygen atoms in total. The van der Waals surface area contributed by atoms with Crippen molar-refractivity contribution in [3.8, 4) is 0 Å². The van der Waals surface area contributed by atoms with Gasteiger partial charge in [0.1, 0.15) is 6.26 Å². The number of nitrogens with one attached hydrogen (secondary N) is 1. The SMILES string of the molecule is C=C(Cl)CNc1nc(C(=O)O)co1. The molecule has 0 amide bonds. The second-order valence-electron chi connectivity index (χ2n) is 2.21. The number of nitrogens with zero attached hydrogens (tertiary/aromatic N) is 1. The molecule has 13 heavy (non-hydrogen) atoms. The van der Waals surface area contributed by atoms with Gasteiger partial charge in [-0.25, -0.2) is 4.79 Å². The van der Waals surface area contributed by atoms with Gasteiger partial charge in [-0.3, -0.25) is 0 Å². The number of aromatic nitrogens is 1. The van der Waals surface area contributed by atoms with Crippen molar-refractivity contribution >= 4 is 23.6 Å². The summed E-state index contributed by atoms with van der Waals surface area (Å²) in [6, 6.07) is 0.110. The Labute approximate surface area is 79.0 Å². The molecule has 0 aliphatic rings. The third kappa shape index (κ3) is 2.79. The molecule has 1 rings (SSSR count). The maximum Gasteiger partial charge on any atom is 0.357 e. The molecule has 6 heteroatoms. The Balaban J connectivity index is 2.59. The number of aromatic carboxylic acids is 1. The van der Waals surface area contributed by atoms with Crippen molar-refractivity contribution in [1.29, 1.82) is 0 Å². The molecular weight excluding hydrogens is 196 g/mol. The number of halogens is 1. The Morgan fingerprint density at radius 3 is 3.00 bits per heavy atom. The molecule has 0 fully saturated rings. The van der Waals surface area contributed by atoms with E-state index in [-0.39, 0.29) is 18.3 Å². The van der Waals surface area contributed by atoms with Gasteiger partial charge in [-0.05, 0) is 0 Å². The van der Waals surface area contributed by atoms with E-state index in [0.717, 1.165) is 6.26 Å². The zero-order chi connectivity index (χ0) is 9.84. The first-order chi connectivity index (χ1) is 6.09. The molecule has 0 bridgehead atoms. The standard InChI is InChI=1S/C7H7ClN2O3/c1-4(8)2-9-7-10-5(3-13-7)6(11)12/h3H,1-2H2,(H,9,10)(H,11,12). The second-order valence-corrected chi connectivity index (χ2v) is 2.75. The van der Waals surface area contributed by atoms with Crippen LogP contribution >= 0.6 is 11.6 Å². The van der Waals surface area contributed by atoms with Gasteiger partial charge in [0.15, 0.2) is 5.69 Å². The Morgan fingerprint density at radius 1 is 1.85 bits per heavy atom. The lowest BCUT2D eigenvalue weighted by atomic mass is 10.5. The van der Waals surface area contributed by atoms with Crippen molar-refractivity contribution in [3.05, 3.63) is 23.6 Å². The monoisotopic (exact) mass is 202 g/mol. The summed E-state index contributed by atoms with van der Waals surface area (Å²) in [4.78, 5) is 14.0. The normalized spacial score (nSPS) is 9.62. The van der Waals surface area contributed by atoms with Gasteiger partial charge >= 0.3 is 5.97 Å². The quantitative estimate of drug-likeness (QED) is 0.775. The van der Waals surface area contributed by atoms with Gasteiger partial charge in [0.05, 0.1) is 6.54 Å². The lowest BCUT2D eigenvalue weighted by molar-refractivity contribution is 0.0690. The van der Waals surface area contributed by atoms with Crippen LogP contribution in [0.4, 0.5) is 6.01 Å². The summed E-state index contributed by atoms with van der Waals surface area (Å²) >= 11 is 5.45. The van der Waals surface area contributed by atoms with Crippen LogP contribution < -0.4 is 5.32 Å². The minimum atomic E-state index is -1.14. The number of anilines is 1. The van der Waals surface area contributed by atoms with Gasteiger partial charge in [-0.2, -0.15) is 4.98 Å². The highest BCUT2D eigenvalue weighted by Crippen LogP contribution is 2.08. The largest absolute Gasteiger partial charge is 0.476 e. The smallest absolute Gasteiger partial charge is 0.357 e. The molecule has 0 atom stereocenters. The third-order valence-electron chi connectivity index (χ3n) is 1.15. The third-order valence-corrected chi connectivity index (χ3v) is 1.29. The summed E-state index contributed by atoms with van der Waals surface area (Å²) in [5, 5.41) is 11.5. The maximum absolute atomic E-state index is 10.4. The molecule has 70 valence electrons. The van der Waals surface area contributed by atoms with Crippen LogP contribution in [0.2, 0.25) is 0 Å². The van der Waals surface area contributed by atoms with Crippen LogP contribution in [0.1, 0.15) is 10.5 Å². The van der Waals surface area contributed by atoms with Crippen LogP contribution in [-0.2, 0) is 0 Å². The fourth-order valence-corrected chi connectivity index (χ4v) is 0.691. The van der Waals surface area contributed by atoms with Crippen LogP contribution in [0.5, 0.6) is 0 Å². The molecular formula is C7H7ClN2O3. The number of oxazole rings is 1. The van der Waals surface area contributed by atoms with Gasteiger partial charge < -0.3 is 14.8 Å². The average molecular weight is 203 g/mol. The van der Waals surface area contributed by atoms with E-state index in [0.29, 0.717) is 5.03 Å². The predicted molar refractivity (Wildman–Crippen MR) is 46.9 cm³/mol. The Bertz CT molecular complexity index is 334. The van der Waals surface area contributed by atoms with E-state index < -0.39 is 5.97 Å². The van der Waals surface area contributed by atoms with Crippen LogP contribution in [-0.4, -0.2) is 22.6 Å². The van der Waals surface area contributed by atoms with Crippen molar-refractivity contribution in [2.75, 3.05) is 11.9 Å². The Hall–Kier alpha value is -1.49. The minimum Gasteiger partial charge on any atom is -0.476 e. The fraction of sp³-hybridized carbons (Fsp3) is 0.143. The molecule has 2 N–H and O–H groups in total. The first-order valence-electron chi connectivity index (χ1n) is 3.35. The molecule has 0 saturated carbocycles. The van der Waals surface area contributed by atoms with Gasteiger partial charge in [-0.1, -0.05) is 18.2 Å². The van der Waals surface area contributed by atoms with Crippen LogP contribution in [0.3, 0.4) is 0 Å². The summed E-state index contributed by atoms with van der Waals surface area (Å²) in [6.45, 7) is 3.71. The summed E-state index contributed by atoms with van der Waals surface area (Å²) in [6.07, 6.45) is 1.04. The zero-order valence-electron chi connectivity index (χ0n) is 6.58. The fourth-order valence-electron chi connectivity index (χ4n) is 0.625. The molecule has 0 radical (unpaired) electrons. The number of hydrogen-bond donors (Lipinski definition) is 2. The Morgan fingerprint density at radius 2 is 2.54 bits per heavy atom. The second kappa shape index (κ2) is 3.95. The molecule has 1 aromatic heterocycles. The summed E-state index contributed by atoms with van der Waals surface area (Å²) < 4.78 is 4.77. The number of hydrogen-bond acceptors (Lipinski definition) is 4. The van der Waals surface area contributed by atoms with E-state index in [1.54, 1.807) is 0 Å². The predicted octanol–water partition coefficient (Wildman–Crippen LogP) is 1.54. The number of carboxylic acids is 1. The van der Waals surface area contributed by atoms with Crippen molar-refractivity contribution in [1.82, 2.24) is 4.98 Å². The van der Waals surface area contributed by atoms with E-state index in [1.807, 2.05) is 0 Å². The highest BCUT2D eigenvalue weighted by atomic mass is 35.5. The molecule has 1 aromatic rings. The van der Waals surface area contributed by atoms with Crippen molar-refractivity contribution < 1.29 is 14.3 Å². The van der Waals surface area contributed by atoms with E-state index in [1.165, 1.54) is 0 Å². The van der Waals surface area contributed by atoms with Crippen LogP contribution in [0.25, 0.3) is 0 Å². The van der Waals surface area contributed by atoms with Gasteiger partial charge in [0, 0.05) is 5.03 Å². The molecule has 0 aliphatic heterocycles. The molecule has 0 spiro atoms. The first kappa shape index (κ1) is 9.60. The van der Waals surface area contributed by atoms with E-state index in [9.17, 15) is 4.79 Å². The Kier molecular flexibility index (Phi) is 2.92. The van der Waals surface area contributed by atoms with Crippen LogP contribution in [0, 0.1) is 0 Å². The first-order valence-corrected chi connectivity index (χ1v) is 3.73. The molecule has 0 saturated heterocycles. The average Bonchev–Trinajstić information content (AvgIpc) is 2.48. The molecule has 0 aliphatic carbocycles. The number of carboxylic acid groups (broad SMARTS) is 1. The zero-order valence-corrected chi connectivity index (χ0v) is 7.34. The van der Waals surface area contributed by atoms with Crippen LogP contribution in [0.15, 0.2) is 22.3 Å². The van der Waals surface area contributed by atoms with Crippen molar-refractivity contribution in [3.63, 3.8) is 0 Å². The summed E-state index contributed by atoms with van der Waals surface area (Å²) in [5.41, 5.74) is -0.150. The van der Waals surface area contributed by atoms with Gasteiger partial charge in [0.2, 0.25) is 0 Å². The summed E-state index contributed by atoms with van der Waals surface area (Å²) in [5.74, 6) is -1.14. The molecule has 0 unspecified atom stereocenters. The van der Waals surface area contributed by atoms with Gasteiger partial charge in [0.25, 0.3) is 6.01 Å². The highest BCUT2D eigenvalue weighted by molar-refractivity contribution is 6.29. The van der Waals surface area contributed by atoms with E-state index in [2.05, 4.69) is 16.9 Å². The number of rotatable bonds is 4. The molecule has 1 heterocycles. The highest BCUT2D eigenvalue weighted by Gasteiger charge is 2.09. The van der Waals surface area contributed by atoms with E-state index in [4.69, 9.17) is 21.1 Å².